The summed E-state index contributed by atoms with van der Waals surface area (Å²) in [7, 11) is 1.82. The monoisotopic (exact) mass is 226 g/mol. The van der Waals surface area contributed by atoms with Crippen LogP contribution in [-0.4, -0.2) is 19.3 Å². The van der Waals surface area contributed by atoms with Gasteiger partial charge < -0.3 is 9.47 Å². The van der Waals surface area contributed by atoms with Gasteiger partial charge in [0.2, 0.25) is 0 Å². The second-order valence-corrected chi connectivity index (χ2v) is 5.14. The molecule has 0 aromatic rings. The van der Waals surface area contributed by atoms with Crippen molar-refractivity contribution in [1.82, 2.24) is 0 Å². The van der Waals surface area contributed by atoms with E-state index in [2.05, 4.69) is 26.8 Å². The summed E-state index contributed by atoms with van der Waals surface area (Å²) in [6, 6.07) is 0. The van der Waals surface area contributed by atoms with Crippen LogP contribution >= 0.6 is 0 Å². The van der Waals surface area contributed by atoms with E-state index in [1.807, 2.05) is 13.4 Å². The van der Waals surface area contributed by atoms with Crippen molar-refractivity contribution in [3.8, 4) is 0 Å². The van der Waals surface area contributed by atoms with Crippen LogP contribution in [0.5, 0.6) is 0 Å². The number of methoxy groups -OCH3 is 1. The number of allylic oxidation sites excluding steroid dienone is 1. The Balaban J connectivity index is 2.41. The van der Waals surface area contributed by atoms with Gasteiger partial charge in [-0.15, -0.1) is 0 Å². The van der Waals surface area contributed by atoms with Crippen LogP contribution in [0, 0.1) is 11.8 Å². The third-order valence-electron chi connectivity index (χ3n) is 3.42. The Bertz CT molecular complexity index is 211. The molecular formula is C14H26O2. The lowest BCUT2D eigenvalue weighted by Crippen LogP contribution is -2.35. The van der Waals surface area contributed by atoms with Gasteiger partial charge in [-0.25, -0.2) is 0 Å². The highest BCUT2D eigenvalue weighted by Crippen LogP contribution is 2.30. The molecule has 0 N–H and O–H groups in total. The third-order valence-corrected chi connectivity index (χ3v) is 3.42. The first kappa shape index (κ1) is 13.6. The van der Waals surface area contributed by atoms with Gasteiger partial charge in [-0.05, 0) is 31.8 Å². The Hall–Kier alpha value is -0.500. The molecule has 1 fully saturated rings. The van der Waals surface area contributed by atoms with Gasteiger partial charge in [0.05, 0.1) is 12.4 Å². The quantitative estimate of drug-likeness (QED) is 0.664. The lowest BCUT2D eigenvalue weighted by atomic mass is 9.83. The Kier molecular flexibility index (Phi) is 5.89. The molecule has 1 aliphatic carbocycles. The molecule has 0 radical (unpaired) electrons. The first-order valence-electron chi connectivity index (χ1n) is 6.50. The van der Waals surface area contributed by atoms with Crippen LogP contribution in [0.25, 0.3) is 0 Å². The summed E-state index contributed by atoms with van der Waals surface area (Å²) in [4.78, 5) is 0. The van der Waals surface area contributed by atoms with Crippen molar-refractivity contribution >= 4 is 0 Å². The molecule has 2 heteroatoms. The van der Waals surface area contributed by atoms with Crippen LogP contribution in [0.4, 0.5) is 0 Å². The highest BCUT2D eigenvalue weighted by molar-refractivity contribution is 4.83. The van der Waals surface area contributed by atoms with Crippen molar-refractivity contribution in [2.24, 2.45) is 11.8 Å². The average Bonchev–Trinajstić information content (AvgIpc) is 2.28. The maximum absolute atomic E-state index is 5.76. The summed E-state index contributed by atoms with van der Waals surface area (Å²) in [5.41, 5.74) is 0. The minimum absolute atomic E-state index is 0.264. The summed E-state index contributed by atoms with van der Waals surface area (Å²) in [6.07, 6.45) is 9.63. The van der Waals surface area contributed by atoms with Crippen LogP contribution in [0.3, 0.4) is 0 Å². The van der Waals surface area contributed by atoms with Crippen LogP contribution in [0.1, 0.15) is 46.5 Å². The van der Waals surface area contributed by atoms with E-state index in [0.717, 1.165) is 0 Å². The van der Waals surface area contributed by atoms with Crippen molar-refractivity contribution in [3.05, 3.63) is 12.3 Å². The highest BCUT2D eigenvalue weighted by Gasteiger charge is 2.30. The molecule has 0 aliphatic heterocycles. The normalized spacial score (nSPS) is 28.6. The highest BCUT2D eigenvalue weighted by atomic mass is 16.5. The zero-order valence-corrected chi connectivity index (χ0v) is 11.1. The van der Waals surface area contributed by atoms with E-state index in [0.29, 0.717) is 17.9 Å². The number of hydrogen-bond acceptors (Lipinski definition) is 2. The summed E-state index contributed by atoms with van der Waals surface area (Å²) in [5, 5.41) is 0. The number of ether oxygens (including phenoxy) is 2. The van der Waals surface area contributed by atoms with E-state index < -0.39 is 0 Å². The predicted molar refractivity (Wildman–Crippen MR) is 67.3 cm³/mol. The van der Waals surface area contributed by atoms with E-state index >= 15 is 0 Å². The molecule has 94 valence electrons. The molecule has 1 rings (SSSR count). The smallest absolute Gasteiger partial charge is 0.100 e. The van der Waals surface area contributed by atoms with Gasteiger partial charge in [-0.1, -0.05) is 26.7 Å². The van der Waals surface area contributed by atoms with E-state index in [1.54, 1.807) is 0 Å². The molecule has 2 nitrogen and oxygen atoms in total. The van der Waals surface area contributed by atoms with Gasteiger partial charge in [0.15, 0.2) is 0 Å². The van der Waals surface area contributed by atoms with E-state index in [1.165, 1.54) is 25.7 Å². The summed E-state index contributed by atoms with van der Waals surface area (Å²) >= 11 is 0. The van der Waals surface area contributed by atoms with Crippen LogP contribution in [0.2, 0.25) is 0 Å². The minimum Gasteiger partial charge on any atom is -0.498 e. The van der Waals surface area contributed by atoms with Gasteiger partial charge in [0, 0.05) is 13.0 Å². The van der Waals surface area contributed by atoms with Crippen LogP contribution < -0.4 is 0 Å². The lowest BCUT2D eigenvalue weighted by molar-refractivity contribution is -0.0349. The van der Waals surface area contributed by atoms with Crippen molar-refractivity contribution in [1.29, 1.82) is 0 Å². The summed E-state index contributed by atoms with van der Waals surface area (Å²) in [5.74, 6) is 1.10. The van der Waals surface area contributed by atoms with Gasteiger partial charge in [-0.3, -0.25) is 0 Å². The van der Waals surface area contributed by atoms with Crippen LogP contribution in [0.15, 0.2) is 12.3 Å². The van der Waals surface area contributed by atoms with Crippen molar-refractivity contribution < 1.29 is 9.47 Å². The van der Waals surface area contributed by atoms with Gasteiger partial charge in [0.25, 0.3) is 0 Å². The third kappa shape index (κ3) is 4.17. The predicted octanol–water partition coefficient (Wildman–Crippen LogP) is 3.77. The Labute approximate surface area is 100 Å². The van der Waals surface area contributed by atoms with E-state index in [4.69, 9.17) is 9.47 Å². The maximum atomic E-state index is 5.76. The van der Waals surface area contributed by atoms with E-state index in [9.17, 15) is 0 Å². The maximum Gasteiger partial charge on any atom is 0.100 e. The van der Waals surface area contributed by atoms with E-state index in [-0.39, 0.29) is 6.10 Å². The second kappa shape index (κ2) is 6.95. The molecule has 1 saturated carbocycles. The van der Waals surface area contributed by atoms with Crippen molar-refractivity contribution in [2.75, 3.05) is 7.11 Å². The zero-order valence-electron chi connectivity index (χ0n) is 11.1. The van der Waals surface area contributed by atoms with Crippen molar-refractivity contribution in [3.63, 3.8) is 0 Å². The first-order chi connectivity index (χ1) is 7.65. The Morgan fingerprint density at radius 3 is 2.44 bits per heavy atom. The summed E-state index contributed by atoms with van der Waals surface area (Å²) < 4.78 is 11.3. The standard InChI is InChI=1S/C14H26O2/c1-11(2)9-10-16-12(3)13-7-5-6-8-14(13)15-4/h9-14H,5-8H2,1-4H3/b10-9+/t12?,13?,14-/m1/s1. The van der Waals surface area contributed by atoms with Gasteiger partial charge >= 0.3 is 0 Å². The molecule has 0 heterocycles. The van der Waals surface area contributed by atoms with Crippen molar-refractivity contribution in [2.45, 2.75) is 58.7 Å². The molecule has 1 aliphatic rings. The molecule has 0 spiro atoms. The molecule has 0 amide bonds. The molecule has 0 aromatic carbocycles. The topological polar surface area (TPSA) is 18.5 Å². The fraction of sp³-hybridized carbons (Fsp3) is 0.857. The van der Waals surface area contributed by atoms with Gasteiger partial charge in [-0.2, -0.15) is 0 Å². The Morgan fingerprint density at radius 2 is 1.81 bits per heavy atom. The lowest BCUT2D eigenvalue weighted by Gasteiger charge is -2.34. The number of rotatable bonds is 5. The molecule has 2 unspecified atom stereocenters. The molecule has 0 bridgehead atoms. The average molecular weight is 226 g/mol. The summed E-state index contributed by atoms with van der Waals surface area (Å²) in [6.45, 7) is 6.47. The van der Waals surface area contributed by atoms with Gasteiger partial charge in [0.1, 0.15) is 6.10 Å². The zero-order chi connectivity index (χ0) is 12.0. The fourth-order valence-electron chi connectivity index (χ4n) is 2.38. The molecule has 3 atom stereocenters. The minimum atomic E-state index is 0.264. The fourth-order valence-corrected chi connectivity index (χ4v) is 2.38. The molecular weight excluding hydrogens is 200 g/mol. The van der Waals surface area contributed by atoms with Crippen LogP contribution in [-0.2, 0) is 9.47 Å². The second-order valence-electron chi connectivity index (χ2n) is 5.14. The first-order valence-corrected chi connectivity index (χ1v) is 6.50. The molecule has 16 heavy (non-hydrogen) atoms. The molecule has 0 saturated heterocycles. The molecule has 0 aromatic heterocycles. The largest absolute Gasteiger partial charge is 0.498 e. The number of hydrogen-bond donors (Lipinski definition) is 0. The SMILES string of the molecule is CO[C@@H]1CCCCC1C(C)O/C=C/C(C)C. The Morgan fingerprint density at radius 1 is 1.12 bits per heavy atom.